The predicted octanol–water partition coefficient (Wildman–Crippen LogP) is 4.23. The quantitative estimate of drug-likeness (QED) is 0.651. The topological polar surface area (TPSA) is 29.1 Å². The molecule has 2 aromatic rings. The van der Waals surface area contributed by atoms with Gasteiger partial charge in [-0.05, 0) is 28.8 Å². The minimum absolute atomic E-state index is 0.184. The second-order valence-electron chi connectivity index (χ2n) is 5.69. The Hall–Kier alpha value is -1.87. The average molecular weight is 318 g/mol. The van der Waals surface area contributed by atoms with Crippen LogP contribution in [0.1, 0.15) is 23.2 Å². The molecular formula is C18H17ClFNO. The third-order valence-electron chi connectivity index (χ3n) is 4.15. The molecule has 4 heteroatoms. The summed E-state index contributed by atoms with van der Waals surface area (Å²) in [7, 11) is 0. The number of alkyl halides is 2. The van der Waals surface area contributed by atoms with Crippen molar-refractivity contribution in [3.8, 4) is 0 Å². The lowest BCUT2D eigenvalue weighted by Gasteiger charge is -2.31. The van der Waals surface area contributed by atoms with Crippen LogP contribution in [0.2, 0.25) is 0 Å². The number of nitrogens with one attached hydrogen (secondary N) is 1. The molecule has 0 bridgehead atoms. The molecule has 2 aromatic carbocycles. The first kappa shape index (κ1) is 15.0. The van der Waals surface area contributed by atoms with Gasteiger partial charge in [0.1, 0.15) is 6.17 Å². The van der Waals surface area contributed by atoms with Crippen molar-refractivity contribution in [3.63, 3.8) is 0 Å². The SMILES string of the molecule is C=C1CC(Cl)C(NC(=O)c2cccc3ccccc23)CC1F. The maximum absolute atomic E-state index is 13.8. The van der Waals surface area contributed by atoms with Crippen LogP contribution in [0.5, 0.6) is 0 Å². The number of hydrogen-bond acceptors (Lipinski definition) is 1. The molecule has 1 aliphatic carbocycles. The number of benzene rings is 2. The molecule has 1 amide bonds. The molecular weight excluding hydrogens is 301 g/mol. The van der Waals surface area contributed by atoms with Crippen molar-refractivity contribution in [1.29, 1.82) is 0 Å². The van der Waals surface area contributed by atoms with E-state index in [4.69, 9.17) is 11.6 Å². The number of halogens is 2. The van der Waals surface area contributed by atoms with Crippen molar-refractivity contribution in [2.24, 2.45) is 0 Å². The highest BCUT2D eigenvalue weighted by atomic mass is 35.5. The Morgan fingerprint density at radius 3 is 2.77 bits per heavy atom. The summed E-state index contributed by atoms with van der Waals surface area (Å²) in [5.74, 6) is -0.216. The van der Waals surface area contributed by atoms with E-state index in [9.17, 15) is 9.18 Å². The van der Waals surface area contributed by atoms with Crippen molar-refractivity contribution in [3.05, 3.63) is 60.2 Å². The normalized spacial score (nSPS) is 25.2. The van der Waals surface area contributed by atoms with Crippen LogP contribution in [-0.4, -0.2) is 23.5 Å². The van der Waals surface area contributed by atoms with E-state index in [2.05, 4.69) is 11.9 Å². The van der Waals surface area contributed by atoms with Gasteiger partial charge in [-0.1, -0.05) is 43.0 Å². The van der Waals surface area contributed by atoms with Gasteiger partial charge in [-0.15, -0.1) is 11.6 Å². The number of amides is 1. The molecule has 3 rings (SSSR count). The Bertz CT molecular complexity index is 725. The van der Waals surface area contributed by atoms with Gasteiger partial charge >= 0.3 is 0 Å². The molecule has 1 aliphatic rings. The van der Waals surface area contributed by atoms with Crippen molar-refractivity contribution < 1.29 is 9.18 Å². The predicted molar refractivity (Wildman–Crippen MR) is 88.1 cm³/mol. The van der Waals surface area contributed by atoms with Crippen molar-refractivity contribution >= 4 is 28.3 Å². The fourth-order valence-corrected chi connectivity index (χ4v) is 3.24. The van der Waals surface area contributed by atoms with Crippen LogP contribution < -0.4 is 5.32 Å². The van der Waals surface area contributed by atoms with Crippen LogP contribution in [-0.2, 0) is 0 Å². The summed E-state index contributed by atoms with van der Waals surface area (Å²) in [5, 5.41) is 4.43. The Balaban J connectivity index is 1.83. The van der Waals surface area contributed by atoms with E-state index < -0.39 is 6.17 Å². The molecule has 0 radical (unpaired) electrons. The fourth-order valence-electron chi connectivity index (χ4n) is 2.88. The van der Waals surface area contributed by atoms with Crippen LogP contribution in [0.25, 0.3) is 10.8 Å². The number of carbonyl (C=O) groups is 1. The number of carbonyl (C=O) groups excluding carboxylic acids is 1. The summed E-state index contributed by atoms with van der Waals surface area (Å²) < 4.78 is 13.8. The van der Waals surface area contributed by atoms with E-state index in [0.717, 1.165) is 10.8 Å². The molecule has 1 saturated carbocycles. The van der Waals surface area contributed by atoms with Gasteiger partial charge in [-0.2, -0.15) is 0 Å². The third kappa shape index (κ3) is 2.86. The minimum atomic E-state index is -1.10. The monoisotopic (exact) mass is 317 g/mol. The highest BCUT2D eigenvalue weighted by Gasteiger charge is 2.32. The Morgan fingerprint density at radius 1 is 1.23 bits per heavy atom. The first-order valence-electron chi connectivity index (χ1n) is 7.30. The Labute approximate surface area is 134 Å². The van der Waals surface area contributed by atoms with Gasteiger partial charge in [-0.3, -0.25) is 4.79 Å². The summed E-state index contributed by atoms with van der Waals surface area (Å²) in [5.41, 5.74) is 1.09. The number of fused-ring (bicyclic) bond motifs is 1. The molecule has 1 fully saturated rings. The van der Waals surface area contributed by atoms with Gasteiger partial charge in [0.15, 0.2) is 0 Å². The van der Waals surface area contributed by atoms with E-state index >= 15 is 0 Å². The number of rotatable bonds is 2. The molecule has 3 atom stereocenters. The second-order valence-corrected chi connectivity index (χ2v) is 6.25. The van der Waals surface area contributed by atoms with E-state index in [0.29, 0.717) is 17.6 Å². The Morgan fingerprint density at radius 2 is 1.95 bits per heavy atom. The summed E-state index contributed by atoms with van der Waals surface area (Å²) in [6.45, 7) is 3.69. The maximum Gasteiger partial charge on any atom is 0.252 e. The van der Waals surface area contributed by atoms with E-state index in [1.165, 1.54) is 0 Å². The molecule has 0 aliphatic heterocycles. The highest BCUT2D eigenvalue weighted by Crippen LogP contribution is 2.29. The summed E-state index contributed by atoms with van der Waals surface area (Å²) in [4.78, 5) is 12.5. The minimum Gasteiger partial charge on any atom is -0.348 e. The standard InChI is InChI=1S/C18H17ClFNO/c1-11-9-15(19)17(10-16(11)20)21-18(22)14-8-4-6-12-5-2-3-7-13(12)14/h2-8,15-17H,1,9-10H2,(H,21,22). The first-order chi connectivity index (χ1) is 10.6. The smallest absolute Gasteiger partial charge is 0.252 e. The lowest BCUT2D eigenvalue weighted by atomic mass is 9.89. The summed E-state index contributed by atoms with van der Waals surface area (Å²) in [6, 6.07) is 12.9. The molecule has 0 spiro atoms. The molecule has 3 unspecified atom stereocenters. The zero-order valence-electron chi connectivity index (χ0n) is 12.1. The van der Waals surface area contributed by atoms with Crippen LogP contribution in [0, 0.1) is 0 Å². The zero-order valence-corrected chi connectivity index (χ0v) is 12.8. The van der Waals surface area contributed by atoms with Crippen molar-refractivity contribution in [2.75, 3.05) is 0 Å². The second kappa shape index (κ2) is 6.09. The molecule has 114 valence electrons. The van der Waals surface area contributed by atoms with Gasteiger partial charge in [0.25, 0.3) is 5.91 Å². The number of allylic oxidation sites excluding steroid dienone is 1. The van der Waals surface area contributed by atoms with E-state index in [1.807, 2.05) is 36.4 Å². The number of hydrogen-bond donors (Lipinski definition) is 1. The largest absolute Gasteiger partial charge is 0.348 e. The first-order valence-corrected chi connectivity index (χ1v) is 7.74. The van der Waals surface area contributed by atoms with Gasteiger partial charge in [-0.25, -0.2) is 4.39 Å². The van der Waals surface area contributed by atoms with Gasteiger partial charge < -0.3 is 5.32 Å². The lowest BCUT2D eigenvalue weighted by molar-refractivity contribution is 0.0925. The summed E-state index contributed by atoms with van der Waals surface area (Å²) >= 11 is 6.25. The zero-order chi connectivity index (χ0) is 15.7. The highest BCUT2D eigenvalue weighted by molar-refractivity contribution is 6.21. The van der Waals surface area contributed by atoms with Gasteiger partial charge in [0.05, 0.1) is 5.38 Å². The third-order valence-corrected chi connectivity index (χ3v) is 4.61. The van der Waals surface area contributed by atoms with Gasteiger partial charge in [0, 0.05) is 18.0 Å². The molecule has 0 aromatic heterocycles. The van der Waals surface area contributed by atoms with E-state index in [1.54, 1.807) is 6.07 Å². The van der Waals surface area contributed by atoms with Crippen molar-refractivity contribution in [2.45, 2.75) is 30.4 Å². The lowest BCUT2D eigenvalue weighted by Crippen LogP contribution is -2.46. The average Bonchev–Trinajstić information content (AvgIpc) is 2.52. The Kier molecular flexibility index (Phi) is 4.16. The van der Waals surface area contributed by atoms with Crippen LogP contribution >= 0.6 is 11.6 Å². The summed E-state index contributed by atoms with van der Waals surface area (Å²) in [6.07, 6.45) is -0.528. The van der Waals surface area contributed by atoms with Crippen LogP contribution in [0.4, 0.5) is 4.39 Å². The molecule has 2 nitrogen and oxygen atoms in total. The van der Waals surface area contributed by atoms with Crippen LogP contribution in [0.15, 0.2) is 54.6 Å². The maximum atomic E-state index is 13.8. The fraction of sp³-hybridized carbons (Fsp3) is 0.278. The van der Waals surface area contributed by atoms with E-state index in [-0.39, 0.29) is 23.7 Å². The molecule has 1 N–H and O–H groups in total. The molecule has 0 saturated heterocycles. The van der Waals surface area contributed by atoms with Crippen LogP contribution in [0.3, 0.4) is 0 Å². The van der Waals surface area contributed by atoms with Crippen molar-refractivity contribution in [1.82, 2.24) is 5.32 Å². The molecule has 22 heavy (non-hydrogen) atoms. The van der Waals surface area contributed by atoms with Gasteiger partial charge in [0.2, 0.25) is 0 Å². The molecule has 0 heterocycles.